The van der Waals surface area contributed by atoms with E-state index in [-0.39, 0.29) is 0 Å². The number of rotatable bonds is 3. The summed E-state index contributed by atoms with van der Waals surface area (Å²) in [6.07, 6.45) is 3.89. The van der Waals surface area contributed by atoms with E-state index >= 15 is 0 Å². The van der Waals surface area contributed by atoms with Crippen molar-refractivity contribution in [2.75, 3.05) is 39.8 Å². The second-order valence-electron chi connectivity index (χ2n) is 5.26. The van der Waals surface area contributed by atoms with Gasteiger partial charge in [0.1, 0.15) is 0 Å². The Morgan fingerprint density at radius 2 is 1.94 bits per heavy atom. The first-order valence-electron chi connectivity index (χ1n) is 6.64. The van der Waals surface area contributed by atoms with Gasteiger partial charge >= 0.3 is 0 Å². The van der Waals surface area contributed by atoms with Crippen molar-refractivity contribution in [3.63, 3.8) is 0 Å². The van der Waals surface area contributed by atoms with Gasteiger partial charge in [-0.15, -0.1) is 0 Å². The van der Waals surface area contributed by atoms with Gasteiger partial charge in [-0.25, -0.2) is 5.01 Å². The van der Waals surface area contributed by atoms with Gasteiger partial charge in [-0.3, -0.25) is 10.6 Å². The van der Waals surface area contributed by atoms with Gasteiger partial charge in [0.2, 0.25) is 5.91 Å². The monoisotopic (exact) mass is 240 g/mol. The van der Waals surface area contributed by atoms with Crippen LogP contribution in [0.1, 0.15) is 25.7 Å². The molecule has 0 aromatic rings. The van der Waals surface area contributed by atoms with E-state index in [9.17, 15) is 4.79 Å². The molecule has 2 N–H and O–H groups in total. The largest absolute Gasteiger partial charge is 0.340 e. The van der Waals surface area contributed by atoms with Crippen LogP contribution < -0.4 is 5.84 Å². The molecule has 2 aliphatic rings. The Labute approximate surface area is 103 Å². The van der Waals surface area contributed by atoms with Gasteiger partial charge in [0.25, 0.3) is 0 Å². The Morgan fingerprint density at radius 3 is 2.53 bits per heavy atom. The van der Waals surface area contributed by atoms with Gasteiger partial charge in [0.05, 0.1) is 0 Å². The highest BCUT2D eigenvalue weighted by Crippen LogP contribution is 2.18. The van der Waals surface area contributed by atoms with Gasteiger partial charge in [0, 0.05) is 45.2 Å². The molecule has 0 spiro atoms. The normalized spacial score (nSPS) is 27.6. The van der Waals surface area contributed by atoms with Crippen LogP contribution in [0.2, 0.25) is 0 Å². The number of likely N-dealkylation sites (N-methyl/N-ethyl adjacent to an activating group) is 1. The van der Waals surface area contributed by atoms with Crippen LogP contribution in [0.15, 0.2) is 0 Å². The number of hydrogen-bond donors (Lipinski definition) is 1. The number of hydrogen-bond acceptors (Lipinski definition) is 4. The summed E-state index contributed by atoms with van der Waals surface area (Å²) < 4.78 is 0. The fourth-order valence-corrected chi connectivity index (χ4v) is 2.67. The molecule has 5 nitrogen and oxygen atoms in total. The number of carbonyl (C=O) groups excluding carboxylic acids is 1. The molecule has 2 aliphatic heterocycles. The highest BCUT2D eigenvalue weighted by atomic mass is 16.2. The Morgan fingerprint density at radius 1 is 1.24 bits per heavy atom. The fraction of sp³-hybridized carbons (Fsp3) is 0.917. The maximum atomic E-state index is 12.0. The number of nitrogens with two attached hydrogens (primary N) is 1. The van der Waals surface area contributed by atoms with Gasteiger partial charge in [-0.2, -0.15) is 0 Å². The quantitative estimate of drug-likeness (QED) is 0.699. The molecular weight excluding hydrogens is 216 g/mol. The Bertz CT molecular complexity index is 263. The summed E-state index contributed by atoms with van der Waals surface area (Å²) in [7, 11) is 2.10. The van der Waals surface area contributed by atoms with Crippen LogP contribution in [0.3, 0.4) is 0 Å². The number of carbonyl (C=O) groups is 1. The number of nitrogens with zero attached hydrogens (tertiary/aromatic N) is 3. The minimum absolute atomic E-state index is 0.304. The van der Waals surface area contributed by atoms with Crippen molar-refractivity contribution in [1.29, 1.82) is 0 Å². The molecule has 0 saturated carbocycles. The molecule has 98 valence electrons. The van der Waals surface area contributed by atoms with Gasteiger partial charge in [-0.05, 0) is 26.3 Å². The van der Waals surface area contributed by atoms with Crippen molar-refractivity contribution in [3.05, 3.63) is 0 Å². The molecule has 2 rings (SSSR count). The van der Waals surface area contributed by atoms with E-state index in [1.165, 1.54) is 6.42 Å². The molecule has 2 saturated heterocycles. The molecule has 2 heterocycles. The lowest BCUT2D eigenvalue weighted by atomic mass is 10.1. The van der Waals surface area contributed by atoms with Crippen LogP contribution in [0.25, 0.3) is 0 Å². The summed E-state index contributed by atoms with van der Waals surface area (Å²) in [5.74, 6) is 6.17. The van der Waals surface area contributed by atoms with Crippen LogP contribution in [0.4, 0.5) is 0 Å². The zero-order chi connectivity index (χ0) is 12.3. The van der Waals surface area contributed by atoms with Crippen molar-refractivity contribution in [2.24, 2.45) is 5.84 Å². The second-order valence-corrected chi connectivity index (χ2v) is 5.26. The maximum Gasteiger partial charge on any atom is 0.222 e. The highest BCUT2D eigenvalue weighted by molar-refractivity contribution is 5.76. The lowest BCUT2D eigenvalue weighted by Gasteiger charge is -2.32. The third-order valence-electron chi connectivity index (χ3n) is 3.97. The predicted molar refractivity (Wildman–Crippen MR) is 67.2 cm³/mol. The van der Waals surface area contributed by atoms with Crippen molar-refractivity contribution >= 4 is 5.91 Å². The van der Waals surface area contributed by atoms with Gasteiger partial charge < -0.3 is 9.80 Å². The Kier molecular flexibility index (Phi) is 4.36. The fourth-order valence-electron chi connectivity index (χ4n) is 2.67. The van der Waals surface area contributed by atoms with E-state index in [1.807, 2.05) is 9.91 Å². The van der Waals surface area contributed by atoms with E-state index in [0.29, 0.717) is 18.4 Å². The molecule has 2 fully saturated rings. The lowest BCUT2D eigenvalue weighted by Crippen LogP contribution is -2.47. The minimum Gasteiger partial charge on any atom is -0.340 e. The minimum atomic E-state index is 0.304. The first-order valence-corrected chi connectivity index (χ1v) is 6.64. The Balaban J connectivity index is 1.70. The number of amides is 1. The van der Waals surface area contributed by atoms with Crippen LogP contribution in [-0.2, 0) is 4.79 Å². The van der Waals surface area contributed by atoms with Crippen LogP contribution in [0, 0.1) is 0 Å². The first-order chi connectivity index (χ1) is 8.16. The molecule has 0 bridgehead atoms. The van der Waals surface area contributed by atoms with Gasteiger partial charge in [0.15, 0.2) is 0 Å². The molecule has 0 aromatic heterocycles. The maximum absolute atomic E-state index is 12.0. The zero-order valence-corrected chi connectivity index (χ0v) is 10.8. The van der Waals surface area contributed by atoms with E-state index in [2.05, 4.69) is 11.9 Å². The zero-order valence-electron chi connectivity index (χ0n) is 10.8. The smallest absolute Gasteiger partial charge is 0.222 e. The molecule has 0 radical (unpaired) electrons. The summed E-state index contributed by atoms with van der Waals surface area (Å²) >= 11 is 0. The molecular formula is C12H24N4O. The highest BCUT2D eigenvalue weighted by Gasteiger charge is 2.24. The van der Waals surface area contributed by atoms with Crippen molar-refractivity contribution < 1.29 is 4.79 Å². The summed E-state index contributed by atoms with van der Waals surface area (Å²) in [6.45, 7) is 4.74. The summed E-state index contributed by atoms with van der Waals surface area (Å²) in [4.78, 5) is 16.3. The molecule has 1 atom stereocenters. The van der Waals surface area contributed by atoms with Crippen molar-refractivity contribution in [3.8, 4) is 0 Å². The van der Waals surface area contributed by atoms with E-state index < -0.39 is 0 Å². The second kappa shape index (κ2) is 5.80. The van der Waals surface area contributed by atoms with Crippen LogP contribution in [0.5, 0.6) is 0 Å². The van der Waals surface area contributed by atoms with Crippen molar-refractivity contribution in [1.82, 2.24) is 14.8 Å². The average molecular weight is 240 g/mol. The summed E-state index contributed by atoms with van der Waals surface area (Å²) in [6, 6.07) is 0.423. The topological polar surface area (TPSA) is 52.8 Å². The summed E-state index contributed by atoms with van der Waals surface area (Å²) in [5.41, 5.74) is 0. The van der Waals surface area contributed by atoms with Crippen molar-refractivity contribution in [2.45, 2.75) is 31.7 Å². The van der Waals surface area contributed by atoms with E-state index in [4.69, 9.17) is 5.84 Å². The Hall–Kier alpha value is -0.650. The van der Waals surface area contributed by atoms with Gasteiger partial charge in [-0.1, -0.05) is 0 Å². The first kappa shape index (κ1) is 12.8. The standard InChI is InChI=1S/C12H24N4O/c1-14-7-9-15(10-8-14)12(17)5-4-11-3-2-6-16(11)13/h11H,2-10,13H2,1H3. The molecule has 1 amide bonds. The lowest BCUT2D eigenvalue weighted by molar-refractivity contribution is -0.133. The number of piperazine rings is 1. The third kappa shape index (κ3) is 3.40. The predicted octanol–water partition coefficient (Wildman–Crippen LogP) is -0.121. The molecule has 0 aromatic carbocycles. The SMILES string of the molecule is CN1CCN(C(=O)CCC2CCCN2N)CC1. The van der Waals surface area contributed by atoms with Crippen LogP contribution in [-0.4, -0.2) is 66.5 Å². The third-order valence-corrected chi connectivity index (χ3v) is 3.97. The molecule has 1 unspecified atom stereocenters. The van der Waals surface area contributed by atoms with E-state index in [0.717, 1.165) is 45.6 Å². The van der Waals surface area contributed by atoms with Crippen LogP contribution >= 0.6 is 0 Å². The molecule has 0 aliphatic carbocycles. The summed E-state index contributed by atoms with van der Waals surface area (Å²) in [5, 5.41) is 1.90. The molecule has 5 heteroatoms. The average Bonchev–Trinajstić information content (AvgIpc) is 2.73. The van der Waals surface area contributed by atoms with E-state index in [1.54, 1.807) is 0 Å². The number of hydrazine groups is 1. The molecule has 17 heavy (non-hydrogen) atoms.